The molecule has 10 heavy (non-hydrogen) atoms. The van der Waals surface area contributed by atoms with Gasteiger partial charge in [0.05, 0.1) is 6.04 Å². The fourth-order valence-corrected chi connectivity index (χ4v) is 0.965. The maximum atomic E-state index is 5.88. The lowest BCUT2D eigenvalue weighted by Gasteiger charge is -2.17. The molecule has 0 aromatic heterocycles. The summed E-state index contributed by atoms with van der Waals surface area (Å²) in [5.74, 6) is 0.456. The fraction of sp³-hybridized carbons (Fsp3) is 0.875. The Balaban J connectivity index is 3.81. The fourth-order valence-electron chi connectivity index (χ4n) is 0.755. The molecule has 0 radical (unpaired) electrons. The topological polar surface area (TPSA) is 12.4 Å². The quantitative estimate of drug-likeness (QED) is 0.446. The molecule has 0 saturated heterocycles. The Morgan fingerprint density at radius 2 is 1.80 bits per heavy atom. The molecule has 0 aromatic rings. The van der Waals surface area contributed by atoms with Crippen molar-refractivity contribution in [2.45, 2.75) is 39.1 Å². The van der Waals surface area contributed by atoms with Gasteiger partial charge in [0.2, 0.25) is 0 Å². The van der Waals surface area contributed by atoms with Gasteiger partial charge in [0.25, 0.3) is 0 Å². The number of halogens is 1. The molecule has 1 unspecified atom stereocenters. The summed E-state index contributed by atoms with van der Waals surface area (Å²) in [5.41, 5.74) is 0. The highest BCUT2D eigenvalue weighted by Gasteiger charge is 2.14. The molecule has 1 nitrogen and oxygen atoms in total. The van der Waals surface area contributed by atoms with Gasteiger partial charge in [0, 0.05) is 5.38 Å². The predicted molar refractivity (Wildman–Crippen MR) is 48.1 cm³/mol. The molecule has 3 atom stereocenters. The van der Waals surface area contributed by atoms with E-state index < -0.39 is 0 Å². The van der Waals surface area contributed by atoms with Crippen LogP contribution in [-0.2, 0) is 0 Å². The van der Waals surface area contributed by atoms with Gasteiger partial charge in [-0.25, -0.2) is 0 Å². The van der Waals surface area contributed by atoms with Crippen LogP contribution in [-0.4, -0.2) is 17.6 Å². The molecule has 0 rings (SSSR count). The molecule has 0 saturated carbocycles. The predicted octanol–water partition coefficient (Wildman–Crippen LogP) is 2.73. The van der Waals surface area contributed by atoms with Crippen LogP contribution in [0.2, 0.25) is 0 Å². The first-order valence-electron chi connectivity index (χ1n) is 3.71. The molecule has 0 N–H and O–H groups in total. The molecule has 60 valence electrons. The summed E-state index contributed by atoms with van der Waals surface area (Å²) in [6, 6.07) is 0.345. The lowest BCUT2D eigenvalue weighted by molar-refractivity contribution is 0.479. The zero-order chi connectivity index (χ0) is 8.15. The van der Waals surface area contributed by atoms with Gasteiger partial charge in [-0.1, -0.05) is 6.92 Å². The molecule has 0 aliphatic carbocycles. The van der Waals surface area contributed by atoms with Crippen molar-refractivity contribution < 1.29 is 0 Å². The van der Waals surface area contributed by atoms with Crippen LogP contribution in [0.15, 0.2) is 4.99 Å². The number of aliphatic imine (C=N–C) groups is 1. The second-order valence-electron chi connectivity index (χ2n) is 2.68. The highest BCUT2D eigenvalue weighted by molar-refractivity contribution is 6.20. The summed E-state index contributed by atoms with van der Waals surface area (Å²) in [6.45, 7) is 8.15. The van der Waals surface area contributed by atoms with E-state index in [-0.39, 0.29) is 5.38 Å². The summed E-state index contributed by atoms with van der Waals surface area (Å²) in [6.07, 6.45) is 1.83. The van der Waals surface area contributed by atoms with E-state index in [1.165, 1.54) is 0 Å². The van der Waals surface area contributed by atoms with E-state index in [0.717, 1.165) is 0 Å². The van der Waals surface area contributed by atoms with Crippen molar-refractivity contribution in [2.24, 2.45) is 10.9 Å². The first-order chi connectivity index (χ1) is 4.59. The molecule has 2 heteroatoms. The van der Waals surface area contributed by atoms with E-state index in [1.54, 1.807) is 0 Å². The summed E-state index contributed by atoms with van der Waals surface area (Å²) >= 11 is 5.88. The van der Waals surface area contributed by atoms with Crippen molar-refractivity contribution in [2.75, 3.05) is 0 Å². The van der Waals surface area contributed by atoms with Crippen LogP contribution >= 0.6 is 11.6 Å². The third-order valence-electron chi connectivity index (χ3n) is 1.87. The monoisotopic (exact) mass is 161 g/mol. The van der Waals surface area contributed by atoms with E-state index in [2.05, 4.69) is 18.8 Å². The van der Waals surface area contributed by atoms with Crippen LogP contribution in [0, 0.1) is 5.92 Å². The Bertz CT molecular complexity index is 110. The summed E-state index contributed by atoms with van der Waals surface area (Å²) in [5, 5.41) is 0.207. The molecule has 0 bridgehead atoms. The zero-order valence-electron chi connectivity index (χ0n) is 7.13. The number of nitrogens with zero attached hydrogens (tertiary/aromatic N) is 1. The molecule has 0 fully saturated rings. The molecular formula is C8H16ClN. The largest absolute Gasteiger partial charge is 0.294 e. The zero-order valence-corrected chi connectivity index (χ0v) is 7.89. The average molecular weight is 162 g/mol. The summed E-state index contributed by atoms with van der Waals surface area (Å²) in [7, 11) is 0. The lowest BCUT2D eigenvalue weighted by atomic mass is 10.0. The van der Waals surface area contributed by atoms with E-state index in [9.17, 15) is 0 Å². The molecule has 0 aromatic carbocycles. The smallest absolute Gasteiger partial charge is 0.0506 e. The van der Waals surface area contributed by atoms with E-state index in [1.807, 2.05) is 20.1 Å². The standard InChI is InChI=1S/C8H16ClN/c1-5-10-8(4)6(2)7(3)9/h5-8H,1-4H3/t6-,7+,8?/m1/s1. The average Bonchev–Trinajstić information content (AvgIpc) is 1.87. The minimum absolute atomic E-state index is 0.207. The van der Waals surface area contributed by atoms with Gasteiger partial charge in [-0.3, -0.25) is 4.99 Å². The van der Waals surface area contributed by atoms with Crippen molar-refractivity contribution >= 4 is 17.8 Å². The first kappa shape index (κ1) is 9.96. The van der Waals surface area contributed by atoms with E-state index in [4.69, 9.17) is 11.6 Å². The molecule has 0 amide bonds. The van der Waals surface area contributed by atoms with Crippen LogP contribution < -0.4 is 0 Å². The molecule has 0 aliphatic rings. The van der Waals surface area contributed by atoms with Gasteiger partial charge >= 0.3 is 0 Å². The third-order valence-corrected chi connectivity index (χ3v) is 2.27. The van der Waals surface area contributed by atoms with Crippen LogP contribution in [0.5, 0.6) is 0 Å². The molecule has 0 aliphatic heterocycles. The Labute approximate surface area is 68.5 Å². The maximum absolute atomic E-state index is 5.88. The lowest BCUT2D eigenvalue weighted by Crippen LogP contribution is -2.19. The summed E-state index contributed by atoms with van der Waals surface area (Å²) < 4.78 is 0. The summed E-state index contributed by atoms with van der Waals surface area (Å²) in [4.78, 5) is 4.24. The highest BCUT2D eigenvalue weighted by Crippen LogP contribution is 2.15. The number of alkyl halides is 1. The van der Waals surface area contributed by atoms with Crippen molar-refractivity contribution in [3.63, 3.8) is 0 Å². The Hall–Kier alpha value is -0.0400. The van der Waals surface area contributed by atoms with Crippen molar-refractivity contribution in [1.82, 2.24) is 0 Å². The van der Waals surface area contributed by atoms with Crippen molar-refractivity contribution in [3.8, 4) is 0 Å². The second-order valence-corrected chi connectivity index (χ2v) is 3.37. The number of hydrogen-bond donors (Lipinski definition) is 0. The van der Waals surface area contributed by atoms with Gasteiger partial charge in [0.15, 0.2) is 0 Å². The maximum Gasteiger partial charge on any atom is 0.0506 e. The van der Waals surface area contributed by atoms with Crippen molar-refractivity contribution in [3.05, 3.63) is 0 Å². The number of hydrogen-bond acceptors (Lipinski definition) is 1. The van der Waals surface area contributed by atoms with Crippen molar-refractivity contribution in [1.29, 1.82) is 0 Å². The van der Waals surface area contributed by atoms with Gasteiger partial charge in [-0.15, -0.1) is 11.6 Å². The van der Waals surface area contributed by atoms with Crippen LogP contribution in [0.25, 0.3) is 0 Å². The van der Waals surface area contributed by atoms with Gasteiger partial charge < -0.3 is 0 Å². The third kappa shape index (κ3) is 3.21. The van der Waals surface area contributed by atoms with Gasteiger partial charge in [-0.05, 0) is 32.9 Å². The van der Waals surface area contributed by atoms with Gasteiger partial charge in [-0.2, -0.15) is 0 Å². The van der Waals surface area contributed by atoms with Crippen LogP contribution in [0.4, 0.5) is 0 Å². The Kier molecular flexibility index (Phi) is 4.71. The van der Waals surface area contributed by atoms with E-state index >= 15 is 0 Å². The Morgan fingerprint density at radius 1 is 1.30 bits per heavy atom. The minimum Gasteiger partial charge on any atom is -0.294 e. The SMILES string of the molecule is CC=NC(C)[C@H](C)[C@H](C)Cl. The molecular weight excluding hydrogens is 146 g/mol. The van der Waals surface area contributed by atoms with Crippen LogP contribution in [0.1, 0.15) is 27.7 Å². The van der Waals surface area contributed by atoms with Gasteiger partial charge in [0.1, 0.15) is 0 Å². The Morgan fingerprint density at radius 3 is 2.10 bits per heavy atom. The number of rotatable bonds is 3. The molecule has 0 spiro atoms. The highest BCUT2D eigenvalue weighted by atomic mass is 35.5. The first-order valence-corrected chi connectivity index (χ1v) is 4.15. The van der Waals surface area contributed by atoms with E-state index in [0.29, 0.717) is 12.0 Å². The minimum atomic E-state index is 0.207. The normalized spacial score (nSPS) is 20.9. The van der Waals surface area contributed by atoms with Crippen LogP contribution in [0.3, 0.4) is 0 Å². The second kappa shape index (κ2) is 4.73. The molecule has 0 heterocycles.